The molecule has 5 heteroatoms. The van der Waals surface area contributed by atoms with Crippen molar-refractivity contribution in [3.63, 3.8) is 0 Å². The predicted octanol–water partition coefficient (Wildman–Crippen LogP) is 6.90. The molecule has 1 N–H and O–H groups in total. The Kier molecular flexibility index (Phi) is 11.8. The highest BCUT2D eigenvalue weighted by Gasteiger charge is 2.36. The van der Waals surface area contributed by atoms with E-state index in [0.717, 1.165) is 37.2 Å². The molecule has 1 saturated carbocycles. The summed E-state index contributed by atoms with van der Waals surface area (Å²) < 4.78 is 16.4. The Bertz CT molecular complexity index is 605. The van der Waals surface area contributed by atoms with E-state index in [0.29, 0.717) is 32.3 Å². The van der Waals surface area contributed by atoms with Crippen LogP contribution in [0, 0.1) is 0 Å². The second-order valence-corrected chi connectivity index (χ2v) is 8.79. The molecule has 0 heterocycles. The van der Waals surface area contributed by atoms with E-state index in [1.54, 1.807) is 0 Å². The van der Waals surface area contributed by atoms with Gasteiger partial charge in [0, 0.05) is 0 Å². The van der Waals surface area contributed by atoms with Crippen LogP contribution in [0.1, 0.15) is 103 Å². The molecule has 0 amide bonds. The lowest BCUT2D eigenvalue weighted by Gasteiger charge is -2.36. The summed E-state index contributed by atoms with van der Waals surface area (Å²) in [6.45, 7) is 5.53. The Morgan fingerprint density at radius 1 is 0.903 bits per heavy atom. The first-order chi connectivity index (χ1) is 15.1. The average Bonchev–Trinajstić information content (AvgIpc) is 2.78. The number of hydrogen-bond donors (Lipinski definition) is 1. The van der Waals surface area contributed by atoms with Gasteiger partial charge in [0.15, 0.2) is 0 Å². The first kappa shape index (κ1) is 25.5. The third kappa shape index (κ3) is 9.51. The van der Waals surface area contributed by atoms with Gasteiger partial charge in [0.2, 0.25) is 0 Å². The molecule has 0 saturated heterocycles. The van der Waals surface area contributed by atoms with Crippen LogP contribution in [-0.4, -0.2) is 30.6 Å². The van der Waals surface area contributed by atoms with E-state index in [2.05, 4.69) is 13.8 Å². The van der Waals surface area contributed by atoms with Gasteiger partial charge in [0.05, 0.1) is 18.8 Å². The van der Waals surface area contributed by atoms with Crippen molar-refractivity contribution in [3.8, 4) is 5.75 Å². The minimum atomic E-state index is -0.872. The van der Waals surface area contributed by atoms with Gasteiger partial charge < -0.3 is 19.3 Å². The molecule has 31 heavy (non-hydrogen) atoms. The molecule has 1 fully saturated rings. The molecule has 0 aliphatic heterocycles. The zero-order valence-electron chi connectivity index (χ0n) is 19.6. The van der Waals surface area contributed by atoms with Crippen molar-refractivity contribution in [2.75, 3.05) is 13.2 Å². The summed E-state index contributed by atoms with van der Waals surface area (Å²) in [6.07, 6.45) is 12.0. The lowest BCUT2D eigenvalue weighted by atomic mass is 9.78. The summed E-state index contributed by atoms with van der Waals surface area (Å²) >= 11 is 0. The van der Waals surface area contributed by atoms with Crippen LogP contribution in [0.3, 0.4) is 0 Å². The van der Waals surface area contributed by atoms with Crippen molar-refractivity contribution in [2.24, 2.45) is 0 Å². The maximum absolute atomic E-state index is 11.9. The lowest BCUT2D eigenvalue weighted by Crippen LogP contribution is -2.35. The van der Waals surface area contributed by atoms with Crippen molar-refractivity contribution in [1.82, 2.24) is 0 Å². The molecule has 2 rings (SSSR count). The maximum atomic E-state index is 11.9. The Morgan fingerprint density at radius 3 is 2.16 bits per heavy atom. The minimum absolute atomic E-state index is 0.182. The van der Waals surface area contributed by atoms with Crippen LogP contribution in [-0.2, 0) is 15.1 Å². The summed E-state index contributed by atoms with van der Waals surface area (Å²) in [4.78, 5) is 11.9. The number of carbonyl (C=O) groups excluding carboxylic acids is 1. The quantitative estimate of drug-likeness (QED) is 0.255. The van der Waals surface area contributed by atoms with Gasteiger partial charge in [-0.05, 0) is 56.2 Å². The molecule has 0 atom stereocenters. The topological polar surface area (TPSA) is 65.0 Å². The van der Waals surface area contributed by atoms with Gasteiger partial charge in [-0.2, -0.15) is 0 Å². The summed E-state index contributed by atoms with van der Waals surface area (Å²) in [5, 5.41) is 11.1. The Balaban J connectivity index is 1.65. The van der Waals surface area contributed by atoms with Crippen LogP contribution in [0.5, 0.6) is 5.75 Å². The molecule has 0 radical (unpaired) electrons. The number of ether oxygens (including phenoxy) is 3. The van der Waals surface area contributed by atoms with Gasteiger partial charge in [0.25, 0.3) is 0 Å². The van der Waals surface area contributed by atoms with Gasteiger partial charge in [-0.15, -0.1) is 0 Å². The third-order valence-corrected chi connectivity index (χ3v) is 6.15. The molecule has 1 aromatic carbocycles. The van der Waals surface area contributed by atoms with Gasteiger partial charge in [-0.3, -0.25) is 0 Å². The first-order valence-electron chi connectivity index (χ1n) is 12.4. The van der Waals surface area contributed by atoms with Crippen LogP contribution in [0.2, 0.25) is 0 Å². The van der Waals surface area contributed by atoms with Crippen LogP contribution in [0.25, 0.3) is 0 Å². The first-order valence-corrected chi connectivity index (χ1v) is 12.4. The van der Waals surface area contributed by atoms with Gasteiger partial charge in [-0.1, -0.05) is 70.9 Å². The number of benzene rings is 1. The van der Waals surface area contributed by atoms with Crippen LogP contribution >= 0.6 is 0 Å². The lowest BCUT2D eigenvalue weighted by molar-refractivity contribution is -0.0538. The van der Waals surface area contributed by atoms with Crippen molar-refractivity contribution in [1.29, 1.82) is 0 Å². The van der Waals surface area contributed by atoms with E-state index in [1.165, 1.54) is 38.5 Å². The Hall–Kier alpha value is -1.75. The second kappa shape index (κ2) is 14.3. The van der Waals surface area contributed by atoms with Crippen LogP contribution in [0.15, 0.2) is 24.3 Å². The number of carbonyl (C=O) groups is 1. The molecule has 0 spiro atoms. The highest BCUT2D eigenvalue weighted by atomic mass is 16.7. The van der Waals surface area contributed by atoms with Crippen LogP contribution < -0.4 is 4.74 Å². The molecule has 0 bridgehead atoms. The summed E-state index contributed by atoms with van der Waals surface area (Å²) in [7, 11) is 0. The maximum Gasteiger partial charge on any atom is 0.508 e. The smallest absolute Gasteiger partial charge is 0.494 e. The summed E-state index contributed by atoms with van der Waals surface area (Å²) in [5.74, 6) is 0.841. The predicted molar refractivity (Wildman–Crippen MR) is 123 cm³/mol. The summed E-state index contributed by atoms with van der Waals surface area (Å²) in [6, 6.07) is 7.76. The number of aliphatic hydroxyl groups is 1. The van der Waals surface area contributed by atoms with Crippen LogP contribution in [0.4, 0.5) is 4.79 Å². The van der Waals surface area contributed by atoms with E-state index in [4.69, 9.17) is 14.2 Å². The molecular formula is C26H42O5. The standard InChI is InChI=1S/C26H42O5/c1-3-5-7-8-9-11-21-30-25(27)31-24-16-18-26(28,19-17-24)22-12-14-23(15-13-22)29-20-10-6-4-2/h12-15,24,28H,3-11,16-21H2,1-2H3. The van der Waals surface area contributed by atoms with E-state index in [1.807, 2.05) is 24.3 Å². The molecule has 0 aromatic heterocycles. The fraction of sp³-hybridized carbons (Fsp3) is 0.731. The van der Waals surface area contributed by atoms with Crippen molar-refractivity contribution >= 4 is 6.16 Å². The highest BCUT2D eigenvalue weighted by Crippen LogP contribution is 2.38. The fourth-order valence-electron chi connectivity index (χ4n) is 4.09. The molecular weight excluding hydrogens is 392 g/mol. The van der Waals surface area contributed by atoms with Gasteiger partial charge in [0.1, 0.15) is 11.9 Å². The molecule has 1 aromatic rings. The molecule has 176 valence electrons. The Morgan fingerprint density at radius 2 is 1.48 bits per heavy atom. The summed E-state index contributed by atoms with van der Waals surface area (Å²) in [5.41, 5.74) is 0.0284. The van der Waals surface area contributed by atoms with Gasteiger partial charge >= 0.3 is 6.16 Å². The molecule has 0 unspecified atom stereocenters. The van der Waals surface area contributed by atoms with E-state index >= 15 is 0 Å². The molecule has 1 aliphatic carbocycles. The Labute approximate surface area is 188 Å². The van der Waals surface area contributed by atoms with E-state index in [-0.39, 0.29) is 6.10 Å². The second-order valence-electron chi connectivity index (χ2n) is 8.79. The SMILES string of the molecule is CCCCCCCCOC(=O)OC1CCC(O)(c2ccc(OCCCCC)cc2)CC1. The van der Waals surface area contributed by atoms with Gasteiger partial charge in [-0.25, -0.2) is 4.79 Å². The normalized spacial score (nSPS) is 20.9. The minimum Gasteiger partial charge on any atom is -0.494 e. The highest BCUT2D eigenvalue weighted by molar-refractivity contribution is 5.60. The molecule has 5 nitrogen and oxygen atoms in total. The number of rotatable bonds is 14. The number of hydrogen-bond acceptors (Lipinski definition) is 5. The van der Waals surface area contributed by atoms with Crippen molar-refractivity contribution in [3.05, 3.63) is 29.8 Å². The fourth-order valence-corrected chi connectivity index (χ4v) is 4.09. The third-order valence-electron chi connectivity index (χ3n) is 6.15. The number of unbranched alkanes of at least 4 members (excludes halogenated alkanes) is 7. The van der Waals surface area contributed by atoms with Crippen molar-refractivity contribution in [2.45, 2.75) is 109 Å². The largest absolute Gasteiger partial charge is 0.508 e. The van der Waals surface area contributed by atoms with Crippen molar-refractivity contribution < 1.29 is 24.1 Å². The zero-order chi connectivity index (χ0) is 22.4. The average molecular weight is 435 g/mol. The van der Waals surface area contributed by atoms with E-state index in [9.17, 15) is 9.90 Å². The monoisotopic (exact) mass is 434 g/mol. The zero-order valence-corrected chi connectivity index (χ0v) is 19.6. The van der Waals surface area contributed by atoms with E-state index < -0.39 is 11.8 Å². The molecule has 1 aliphatic rings.